The van der Waals surface area contributed by atoms with Crippen LogP contribution in [0.15, 0.2) is 0 Å². The molecule has 0 aromatic heterocycles. The Kier molecular flexibility index (Phi) is 4.39. The van der Waals surface area contributed by atoms with Crippen molar-refractivity contribution in [2.24, 2.45) is 11.3 Å². The SMILES string of the molecule is CC.CC(C)CN1CCC2(COC2)C1. The standard InChI is InChI=1S/C10H19NO.C2H6/c1-9(2)5-11-4-3-10(6-11)7-12-8-10;1-2/h9H,3-8H2,1-2H3;1-2H3. The van der Waals surface area contributed by atoms with Crippen molar-refractivity contribution in [1.82, 2.24) is 4.90 Å². The zero-order valence-corrected chi connectivity index (χ0v) is 10.2. The van der Waals surface area contributed by atoms with E-state index < -0.39 is 0 Å². The van der Waals surface area contributed by atoms with Crippen molar-refractivity contribution < 1.29 is 4.74 Å². The molecule has 2 aliphatic rings. The van der Waals surface area contributed by atoms with Gasteiger partial charge in [0.05, 0.1) is 13.2 Å². The minimum atomic E-state index is 0.578. The third-order valence-corrected chi connectivity index (χ3v) is 2.96. The molecule has 2 nitrogen and oxygen atoms in total. The van der Waals surface area contributed by atoms with Gasteiger partial charge in [-0.1, -0.05) is 27.7 Å². The second kappa shape index (κ2) is 5.13. The van der Waals surface area contributed by atoms with Gasteiger partial charge >= 0.3 is 0 Å². The van der Waals surface area contributed by atoms with Crippen molar-refractivity contribution >= 4 is 0 Å². The lowest BCUT2D eigenvalue weighted by Crippen LogP contribution is -2.44. The number of nitrogens with zero attached hydrogens (tertiary/aromatic N) is 1. The lowest BCUT2D eigenvalue weighted by atomic mass is 9.85. The van der Waals surface area contributed by atoms with Gasteiger partial charge in [0.15, 0.2) is 0 Å². The summed E-state index contributed by atoms with van der Waals surface area (Å²) < 4.78 is 5.29. The van der Waals surface area contributed by atoms with Gasteiger partial charge in [0, 0.05) is 18.5 Å². The Hall–Kier alpha value is -0.0800. The molecule has 2 saturated heterocycles. The van der Waals surface area contributed by atoms with Crippen LogP contribution in [0.3, 0.4) is 0 Å². The molecule has 0 amide bonds. The van der Waals surface area contributed by atoms with E-state index in [2.05, 4.69) is 18.7 Å². The van der Waals surface area contributed by atoms with Crippen LogP contribution in [0, 0.1) is 11.3 Å². The summed E-state index contributed by atoms with van der Waals surface area (Å²) in [5.74, 6) is 0.807. The molecule has 2 heterocycles. The van der Waals surface area contributed by atoms with Crippen molar-refractivity contribution in [2.75, 3.05) is 32.8 Å². The highest BCUT2D eigenvalue weighted by Gasteiger charge is 2.44. The number of likely N-dealkylation sites (tertiary alicyclic amines) is 1. The fraction of sp³-hybridized carbons (Fsp3) is 1.00. The number of hydrogen-bond donors (Lipinski definition) is 0. The maximum absolute atomic E-state index is 5.29. The molecule has 0 radical (unpaired) electrons. The number of ether oxygens (including phenoxy) is 1. The highest BCUT2D eigenvalue weighted by molar-refractivity contribution is 4.94. The number of hydrogen-bond acceptors (Lipinski definition) is 2. The van der Waals surface area contributed by atoms with Crippen LogP contribution in [0.4, 0.5) is 0 Å². The quantitative estimate of drug-likeness (QED) is 0.677. The van der Waals surface area contributed by atoms with Crippen molar-refractivity contribution in [3.8, 4) is 0 Å². The molecule has 14 heavy (non-hydrogen) atoms. The fourth-order valence-electron chi connectivity index (χ4n) is 2.33. The molecule has 0 saturated carbocycles. The highest BCUT2D eigenvalue weighted by atomic mass is 16.5. The fourth-order valence-corrected chi connectivity index (χ4v) is 2.33. The van der Waals surface area contributed by atoms with E-state index >= 15 is 0 Å². The molecule has 0 aromatic rings. The summed E-state index contributed by atoms with van der Waals surface area (Å²) in [6.45, 7) is 14.5. The monoisotopic (exact) mass is 199 g/mol. The smallest absolute Gasteiger partial charge is 0.0557 e. The highest BCUT2D eigenvalue weighted by Crippen LogP contribution is 2.37. The zero-order chi connectivity index (χ0) is 10.6. The van der Waals surface area contributed by atoms with Gasteiger partial charge in [0.2, 0.25) is 0 Å². The first-order valence-electron chi connectivity index (χ1n) is 6.00. The van der Waals surface area contributed by atoms with Crippen LogP contribution in [0.5, 0.6) is 0 Å². The lowest BCUT2D eigenvalue weighted by molar-refractivity contribution is -0.105. The van der Waals surface area contributed by atoms with E-state index in [1.165, 1.54) is 26.1 Å². The van der Waals surface area contributed by atoms with Crippen molar-refractivity contribution in [3.63, 3.8) is 0 Å². The largest absolute Gasteiger partial charge is 0.380 e. The Bertz CT molecular complexity index is 164. The number of rotatable bonds is 2. The van der Waals surface area contributed by atoms with E-state index in [1.54, 1.807) is 0 Å². The predicted molar refractivity (Wildman–Crippen MR) is 60.5 cm³/mol. The Morgan fingerprint density at radius 3 is 2.29 bits per heavy atom. The first-order chi connectivity index (χ1) is 6.70. The topological polar surface area (TPSA) is 12.5 Å². The molecule has 2 fully saturated rings. The van der Waals surface area contributed by atoms with Gasteiger partial charge in [-0.15, -0.1) is 0 Å². The average Bonchev–Trinajstić information content (AvgIpc) is 2.51. The molecule has 2 rings (SSSR count). The maximum Gasteiger partial charge on any atom is 0.0557 e. The summed E-state index contributed by atoms with van der Waals surface area (Å²) in [5.41, 5.74) is 0.578. The molecule has 0 N–H and O–H groups in total. The van der Waals surface area contributed by atoms with Crippen LogP contribution in [0.1, 0.15) is 34.1 Å². The third-order valence-electron chi connectivity index (χ3n) is 2.96. The molecule has 2 aliphatic heterocycles. The summed E-state index contributed by atoms with van der Waals surface area (Å²) in [7, 11) is 0. The minimum absolute atomic E-state index is 0.578. The zero-order valence-electron chi connectivity index (χ0n) is 10.2. The van der Waals surface area contributed by atoms with Gasteiger partial charge < -0.3 is 9.64 Å². The van der Waals surface area contributed by atoms with Crippen molar-refractivity contribution in [2.45, 2.75) is 34.1 Å². The normalized spacial score (nSPS) is 24.6. The summed E-state index contributed by atoms with van der Waals surface area (Å²) in [6, 6.07) is 0. The van der Waals surface area contributed by atoms with E-state index in [-0.39, 0.29) is 0 Å². The van der Waals surface area contributed by atoms with E-state index in [4.69, 9.17) is 4.74 Å². The van der Waals surface area contributed by atoms with Gasteiger partial charge in [-0.3, -0.25) is 0 Å². The van der Waals surface area contributed by atoms with Crippen LogP contribution >= 0.6 is 0 Å². The van der Waals surface area contributed by atoms with Crippen LogP contribution in [-0.4, -0.2) is 37.7 Å². The summed E-state index contributed by atoms with van der Waals surface area (Å²) in [4.78, 5) is 2.59. The second-order valence-corrected chi connectivity index (χ2v) is 4.87. The maximum atomic E-state index is 5.29. The molecular weight excluding hydrogens is 174 g/mol. The Balaban J connectivity index is 0.000000461. The van der Waals surface area contributed by atoms with Gasteiger partial charge in [-0.05, 0) is 18.9 Å². The first kappa shape index (κ1) is 12.0. The minimum Gasteiger partial charge on any atom is -0.380 e. The molecule has 0 bridgehead atoms. The molecule has 0 aliphatic carbocycles. The van der Waals surface area contributed by atoms with Crippen LogP contribution in [-0.2, 0) is 4.74 Å². The third kappa shape index (κ3) is 2.71. The van der Waals surface area contributed by atoms with E-state index in [1.807, 2.05) is 13.8 Å². The van der Waals surface area contributed by atoms with E-state index in [0.29, 0.717) is 5.41 Å². The molecular formula is C12H25NO. The van der Waals surface area contributed by atoms with Crippen LogP contribution < -0.4 is 0 Å². The van der Waals surface area contributed by atoms with E-state index in [0.717, 1.165) is 19.1 Å². The van der Waals surface area contributed by atoms with Crippen LogP contribution in [0.25, 0.3) is 0 Å². The Morgan fingerprint density at radius 2 is 1.93 bits per heavy atom. The molecule has 0 unspecified atom stereocenters. The van der Waals surface area contributed by atoms with Gasteiger partial charge in [0.25, 0.3) is 0 Å². The molecule has 0 aromatic carbocycles. The molecule has 1 spiro atoms. The summed E-state index contributed by atoms with van der Waals surface area (Å²) in [5, 5.41) is 0. The van der Waals surface area contributed by atoms with Crippen molar-refractivity contribution in [1.29, 1.82) is 0 Å². The van der Waals surface area contributed by atoms with Crippen molar-refractivity contribution in [3.05, 3.63) is 0 Å². The Morgan fingerprint density at radius 1 is 1.29 bits per heavy atom. The Labute approximate surface area is 88.6 Å². The molecule has 84 valence electrons. The van der Waals surface area contributed by atoms with Gasteiger partial charge in [0.1, 0.15) is 0 Å². The average molecular weight is 199 g/mol. The predicted octanol–water partition coefficient (Wildman–Crippen LogP) is 2.39. The molecule has 2 heteroatoms. The second-order valence-electron chi connectivity index (χ2n) is 4.87. The summed E-state index contributed by atoms with van der Waals surface area (Å²) in [6.07, 6.45) is 1.36. The van der Waals surface area contributed by atoms with Gasteiger partial charge in [-0.25, -0.2) is 0 Å². The van der Waals surface area contributed by atoms with Gasteiger partial charge in [-0.2, -0.15) is 0 Å². The first-order valence-corrected chi connectivity index (χ1v) is 6.00. The van der Waals surface area contributed by atoms with Crippen LogP contribution in [0.2, 0.25) is 0 Å². The van der Waals surface area contributed by atoms with E-state index in [9.17, 15) is 0 Å². The molecule has 0 atom stereocenters. The summed E-state index contributed by atoms with van der Waals surface area (Å²) >= 11 is 0. The lowest BCUT2D eigenvalue weighted by Gasteiger charge is -2.38.